The van der Waals surface area contributed by atoms with E-state index in [1.807, 2.05) is 86.6 Å². The van der Waals surface area contributed by atoms with E-state index < -0.39 is 0 Å². The van der Waals surface area contributed by atoms with Gasteiger partial charge in [0, 0.05) is 63.0 Å². The molecule has 0 saturated heterocycles. The van der Waals surface area contributed by atoms with Gasteiger partial charge >= 0.3 is 0 Å². The van der Waals surface area contributed by atoms with Crippen LogP contribution >= 0.6 is 0 Å². The summed E-state index contributed by atoms with van der Waals surface area (Å²) in [6, 6.07) is 35.2. The van der Waals surface area contributed by atoms with Crippen LogP contribution in [0.15, 0.2) is 84.9 Å². The van der Waals surface area contributed by atoms with Crippen molar-refractivity contribution in [2.45, 2.75) is 119 Å². The number of nitrogens with zero attached hydrogens (tertiary/aromatic N) is 4. The number of hydrogen-bond donors (Lipinski definition) is 4. The van der Waals surface area contributed by atoms with Crippen LogP contribution in [0.4, 0.5) is 0 Å². The first-order valence-corrected chi connectivity index (χ1v) is 19.7. The van der Waals surface area contributed by atoms with Gasteiger partial charge in [-0.25, -0.2) is 0 Å². The van der Waals surface area contributed by atoms with Gasteiger partial charge in [0.25, 0.3) is 0 Å². The molecule has 0 aliphatic carbocycles. The molecule has 0 bridgehead atoms. The van der Waals surface area contributed by atoms with Gasteiger partial charge in [-0.3, -0.25) is 19.9 Å². The largest absolute Gasteiger partial charge is 0.393 e. The quantitative estimate of drug-likeness (QED) is 0.0999. The Morgan fingerprint density at radius 2 is 0.897 bits per heavy atom. The van der Waals surface area contributed by atoms with E-state index in [0.29, 0.717) is 24.7 Å². The van der Waals surface area contributed by atoms with E-state index in [1.165, 1.54) is 11.1 Å². The molecule has 0 spiro atoms. The van der Waals surface area contributed by atoms with Crippen molar-refractivity contribution in [2.75, 3.05) is 0 Å². The fraction of sp³-hybridized carbons (Fsp3) is 0.417. The molecule has 0 saturated carbocycles. The summed E-state index contributed by atoms with van der Waals surface area (Å²) >= 11 is 0. The van der Waals surface area contributed by atoms with Crippen molar-refractivity contribution >= 4 is 22.1 Å². The van der Waals surface area contributed by atoms with Crippen molar-refractivity contribution in [3.05, 3.63) is 120 Å². The number of aromatic nitrogens is 4. The topological polar surface area (TPSA) is 132 Å². The fourth-order valence-electron chi connectivity index (χ4n) is 6.18. The zero-order chi connectivity index (χ0) is 41.4. The van der Waals surface area contributed by atoms with Gasteiger partial charge in [0.1, 0.15) is 0 Å². The first kappa shape index (κ1) is 52.7. The SMILES string of the molecule is CC(O)CC(C)O.CC(O)CC(C)O.Cc1nc2ccccc2nc1-c1[c-]c(CC(C)C)cc(CC(C)C)c1.Cc1nc2ccccc2nc1-c1[c-]cccc1.[Ir].[Ir]. The third kappa shape index (κ3) is 18.7. The Bertz CT molecular complexity index is 2020. The number of fused-ring (bicyclic) bond motifs is 2. The van der Waals surface area contributed by atoms with Gasteiger partial charge in [-0.2, -0.15) is 0 Å². The second-order valence-corrected chi connectivity index (χ2v) is 15.6. The zero-order valence-electron chi connectivity index (χ0n) is 35.6. The molecular weight excluding hydrogens is 1080 g/mol. The molecule has 4 aromatic carbocycles. The average molecular weight is 1140 g/mol. The summed E-state index contributed by atoms with van der Waals surface area (Å²) in [6.07, 6.45) is 1.56. The van der Waals surface area contributed by atoms with Gasteiger partial charge in [-0.05, 0) is 103 Å². The number of hydrogen-bond acceptors (Lipinski definition) is 8. The maximum absolute atomic E-state index is 8.56. The van der Waals surface area contributed by atoms with Crippen LogP contribution in [0.5, 0.6) is 0 Å². The fourth-order valence-corrected chi connectivity index (χ4v) is 6.18. The smallest absolute Gasteiger partial charge is 0.0870 e. The van der Waals surface area contributed by atoms with Crippen LogP contribution in [-0.2, 0) is 53.1 Å². The van der Waals surface area contributed by atoms with Crippen molar-refractivity contribution < 1.29 is 60.6 Å². The molecule has 4 atom stereocenters. The standard InChI is InChI=1S/C23H27N2.C15H11N2.2C5H12O2.2Ir/c1-15(2)10-18-12-19(11-16(3)4)14-20(13-18)23-17(5)24-21-8-6-7-9-22(21)25-23;1-11-15(12-7-3-2-4-8-12)17-14-10-6-5-9-13(14)16-11;2*1-4(6)3-5(2)7;;/h6-9,12-13,15-16H,10-11H2,1-5H3;2-7,9-10H,1H3;2*4-7H,3H2,1-2H3;;/q2*-1;;;;. The number of aryl methyl sites for hydroxylation is 2. The van der Waals surface area contributed by atoms with Gasteiger partial charge < -0.3 is 20.4 Å². The van der Waals surface area contributed by atoms with Crippen LogP contribution in [0.1, 0.15) is 90.7 Å². The Balaban J connectivity index is 0.000000440. The monoisotopic (exact) mass is 1140 g/mol. The van der Waals surface area contributed by atoms with Crippen LogP contribution in [0.2, 0.25) is 0 Å². The Hall–Kier alpha value is -3.30. The molecule has 2 heterocycles. The van der Waals surface area contributed by atoms with Crippen LogP contribution in [0.25, 0.3) is 44.6 Å². The van der Waals surface area contributed by atoms with Gasteiger partial charge in [-0.1, -0.05) is 52.0 Å². The molecule has 4 unspecified atom stereocenters. The molecule has 2 aromatic heterocycles. The van der Waals surface area contributed by atoms with Gasteiger partial charge in [0.15, 0.2) is 0 Å². The third-order valence-corrected chi connectivity index (χ3v) is 8.33. The minimum atomic E-state index is -0.375. The molecule has 58 heavy (non-hydrogen) atoms. The van der Waals surface area contributed by atoms with Crippen molar-refractivity contribution in [3.8, 4) is 22.5 Å². The van der Waals surface area contributed by atoms with Crippen molar-refractivity contribution in [1.29, 1.82) is 0 Å². The molecule has 6 rings (SSSR count). The summed E-state index contributed by atoms with van der Waals surface area (Å²) in [5.74, 6) is 1.24. The molecule has 2 radical (unpaired) electrons. The number of aliphatic hydroxyl groups excluding tert-OH is 4. The van der Waals surface area contributed by atoms with E-state index in [0.717, 1.165) is 68.8 Å². The Morgan fingerprint density at radius 3 is 1.26 bits per heavy atom. The summed E-state index contributed by atoms with van der Waals surface area (Å²) in [5.41, 5.74) is 12.2. The predicted octanol–water partition coefficient (Wildman–Crippen LogP) is 9.48. The molecule has 0 fully saturated rings. The van der Waals surface area contributed by atoms with E-state index in [2.05, 4.69) is 61.9 Å². The summed E-state index contributed by atoms with van der Waals surface area (Å²) < 4.78 is 0. The molecular formula is C48H62Ir2N4O4-2. The Labute approximate surface area is 373 Å². The summed E-state index contributed by atoms with van der Waals surface area (Å²) in [5, 5.41) is 34.3. The zero-order valence-corrected chi connectivity index (χ0v) is 40.4. The maximum atomic E-state index is 8.56. The second kappa shape index (κ2) is 26.7. The molecule has 0 aliphatic heterocycles. The molecule has 4 N–H and O–H groups in total. The maximum Gasteiger partial charge on any atom is 0.0870 e. The van der Waals surface area contributed by atoms with Gasteiger partial charge in [0.05, 0.1) is 46.5 Å². The summed E-state index contributed by atoms with van der Waals surface area (Å²) in [6.45, 7) is 19.7. The van der Waals surface area contributed by atoms with E-state index in [-0.39, 0.29) is 64.6 Å². The van der Waals surface area contributed by atoms with E-state index in [9.17, 15) is 0 Å². The number of benzene rings is 4. The second-order valence-electron chi connectivity index (χ2n) is 15.6. The average Bonchev–Trinajstić information content (AvgIpc) is 3.10. The summed E-state index contributed by atoms with van der Waals surface area (Å²) in [7, 11) is 0. The van der Waals surface area contributed by atoms with E-state index >= 15 is 0 Å². The van der Waals surface area contributed by atoms with Crippen LogP contribution < -0.4 is 0 Å². The summed E-state index contributed by atoms with van der Waals surface area (Å²) in [4.78, 5) is 18.9. The van der Waals surface area contributed by atoms with E-state index in [4.69, 9.17) is 30.4 Å². The minimum absolute atomic E-state index is 0. The molecule has 0 amide bonds. The predicted molar refractivity (Wildman–Crippen MR) is 230 cm³/mol. The first-order valence-electron chi connectivity index (χ1n) is 19.7. The Kier molecular flexibility index (Phi) is 24.3. The van der Waals surface area contributed by atoms with Gasteiger partial charge in [0.2, 0.25) is 0 Å². The first-order chi connectivity index (χ1) is 26.5. The number of para-hydroxylation sites is 4. The molecule has 10 heteroatoms. The van der Waals surface area contributed by atoms with Crippen LogP contribution in [0, 0.1) is 37.8 Å². The van der Waals surface area contributed by atoms with Crippen LogP contribution in [-0.4, -0.2) is 64.8 Å². The van der Waals surface area contributed by atoms with Crippen molar-refractivity contribution in [3.63, 3.8) is 0 Å². The normalized spacial score (nSPS) is 12.7. The molecule has 6 aromatic rings. The van der Waals surface area contributed by atoms with Gasteiger partial charge in [-0.15, -0.1) is 70.8 Å². The number of rotatable bonds is 10. The molecule has 8 nitrogen and oxygen atoms in total. The van der Waals surface area contributed by atoms with Crippen molar-refractivity contribution in [1.82, 2.24) is 19.9 Å². The minimum Gasteiger partial charge on any atom is -0.393 e. The van der Waals surface area contributed by atoms with Crippen molar-refractivity contribution in [2.24, 2.45) is 11.8 Å². The number of aliphatic hydroxyl groups is 4. The Morgan fingerprint density at radius 1 is 0.500 bits per heavy atom. The molecule has 0 aliphatic rings. The third-order valence-electron chi connectivity index (χ3n) is 8.33. The van der Waals surface area contributed by atoms with Crippen LogP contribution in [0.3, 0.4) is 0 Å². The molecule has 318 valence electrons. The van der Waals surface area contributed by atoms with E-state index in [1.54, 1.807) is 27.7 Å².